The van der Waals surface area contributed by atoms with E-state index in [1.165, 1.54) is 5.56 Å². The Bertz CT molecular complexity index is 690. The number of hydrogen-bond acceptors (Lipinski definition) is 2. The van der Waals surface area contributed by atoms with Gasteiger partial charge < -0.3 is 15.3 Å². The third kappa shape index (κ3) is 3.21. The van der Waals surface area contributed by atoms with Crippen molar-refractivity contribution in [2.75, 3.05) is 13.1 Å². The van der Waals surface area contributed by atoms with E-state index in [0.717, 1.165) is 18.5 Å². The Morgan fingerprint density at radius 1 is 1.23 bits per heavy atom. The van der Waals surface area contributed by atoms with Crippen molar-refractivity contribution >= 4 is 6.03 Å². The maximum absolute atomic E-state index is 12.1. The molecule has 0 spiro atoms. The van der Waals surface area contributed by atoms with Gasteiger partial charge in [0.05, 0.1) is 12.1 Å². The van der Waals surface area contributed by atoms with Crippen LogP contribution in [0.15, 0.2) is 35.1 Å². The Labute approximate surface area is 128 Å². The van der Waals surface area contributed by atoms with Crippen LogP contribution in [0.4, 0.5) is 4.79 Å². The molecule has 0 unspecified atom stereocenters. The number of nitrogens with zero attached hydrogens (tertiary/aromatic N) is 1. The maximum Gasteiger partial charge on any atom is 0.317 e. The second-order valence-electron chi connectivity index (χ2n) is 5.53. The summed E-state index contributed by atoms with van der Waals surface area (Å²) in [4.78, 5) is 25.4. The van der Waals surface area contributed by atoms with E-state index < -0.39 is 0 Å². The van der Waals surface area contributed by atoms with Crippen molar-refractivity contribution in [1.82, 2.24) is 20.4 Å². The lowest BCUT2D eigenvalue weighted by Gasteiger charge is -2.26. The van der Waals surface area contributed by atoms with Crippen LogP contribution in [0.25, 0.3) is 0 Å². The predicted octanol–water partition coefficient (Wildman–Crippen LogP) is 1.40. The molecule has 0 radical (unpaired) electrons. The average Bonchev–Trinajstić information content (AvgIpc) is 2.93. The number of carbonyl (C=O) groups is 1. The van der Waals surface area contributed by atoms with Crippen molar-refractivity contribution in [3.63, 3.8) is 0 Å². The first-order valence-electron chi connectivity index (χ1n) is 7.59. The SMILES string of the molecule is O=C(NCCCc1ccccc1)N1CCc2[nH][nH]c(=O)c2C1. The number of rotatable bonds is 4. The van der Waals surface area contributed by atoms with Gasteiger partial charge in [-0.05, 0) is 18.4 Å². The van der Waals surface area contributed by atoms with Gasteiger partial charge in [0.25, 0.3) is 5.56 Å². The van der Waals surface area contributed by atoms with Gasteiger partial charge in [-0.2, -0.15) is 0 Å². The van der Waals surface area contributed by atoms with E-state index in [1.54, 1.807) is 4.90 Å². The number of urea groups is 1. The first-order valence-corrected chi connectivity index (χ1v) is 7.59. The summed E-state index contributed by atoms with van der Waals surface area (Å²) in [5.41, 5.74) is 2.73. The first kappa shape index (κ1) is 14.4. The Morgan fingerprint density at radius 3 is 2.86 bits per heavy atom. The fourth-order valence-corrected chi connectivity index (χ4v) is 2.74. The number of nitrogens with one attached hydrogen (secondary N) is 3. The lowest BCUT2D eigenvalue weighted by atomic mass is 10.1. The molecule has 2 heterocycles. The number of hydrogen-bond donors (Lipinski definition) is 3. The Morgan fingerprint density at radius 2 is 2.05 bits per heavy atom. The molecule has 3 rings (SSSR count). The number of aryl methyl sites for hydroxylation is 1. The molecule has 0 saturated heterocycles. The lowest BCUT2D eigenvalue weighted by molar-refractivity contribution is 0.192. The molecule has 0 aliphatic carbocycles. The molecule has 6 nitrogen and oxygen atoms in total. The minimum absolute atomic E-state index is 0.0979. The highest BCUT2D eigenvalue weighted by atomic mass is 16.2. The number of amides is 2. The van der Waals surface area contributed by atoms with E-state index in [0.29, 0.717) is 31.6 Å². The summed E-state index contributed by atoms with van der Waals surface area (Å²) in [5.74, 6) is 0. The van der Waals surface area contributed by atoms with Crippen LogP contribution in [0, 0.1) is 0 Å². The first-order chi connectivity index (χ1) is 10.7. The van der Waals surface area contributed by atoms with E-state index in [1.807, 2.05) is 18.2 Å². The number of aromatic amines is 2. The molecule has 1 aromatic carbocycles. The van der Waals surface area contributed by atoms with E-state index in [4.69, 9.17) is 0 Å². The quantitative estimate of drug-likeness (QED) is 0.746. The van der Waals surface area contributed by atoms with Crippen LogP contribution in [-0.4, -0.2) is 34.2 Å². The van der Waals surface area contributed by atoms with Gasteiger partial charge in [0.2, 0.25) is 0 Å². The summed E-state index contributed by atoms with van der Waals surface area (Å²) in [5, 5.41) is 8.36. The molecular formula is C16H20N4O2. The van der Waals surface area contributed by atoms with Crippen LogP contribution in [0.3, 0.4) is 0 Å². The predicted molar refractivity (Wildman–Crippen MR) is 83.7 cm³/mol. The van der Waals surface area contributed by atoms with Crippen LogP contribution in [0.2, 0.25) is 0 Å². The highest BCUT2D eigenvalue weighted by Crippen LogP contribution is 2.12. The standard InChI is InChI=1S/C16H20N4O2/c21-15-13-11-20(10-8-14(13)18-19-15)16(22)17-9-4-7-12-5-2-1-3-6-12/h1-3,5-6H,4,7-11H2,(H,17,22)(H2,18,19,21). The third-order valence-electron chi connectivity index (χ3n) is 3.99. The summed E-state index contributed by atoms with van der Waals surface area (Å²) < 4.78 is 0. The fourth-order valence-electron chi connectivity index (χ4n) is 2.74. The molecule has 22 heavy (non-hydrogen) atoms. The van der Waals surface area contributed by atoms with Crippen LogP contribution < -0.4 is 10.9 Å². The smallest absolute Gasteiger partial charge is 0.317 e. The molecule has 2 aromatic rings. The topological polar surface area (TPSA) is 81.0 Å². The molecule has 0 saturated carbocycles. The van der Waals surface area contributed by atoms with Gasteiger partial charge in [-0.15, -0.1) is 0 Å². The van der Waals surface area contributed by atoms with E-state index in [9.17, 15) is 9.59 Å². The molecule has 1 aliphatic heterocycles. The second kappa shape index (κ2) is 6.51. The summed E-state index contributed by atoms with van der Waals surface area (Å²) in [6.07, 6.45) is 2.54. The second-order valence-corrected chi connectivity index (χ2v) is 5.53. The fraction of sp³-hybridized carbons (Fsp3) is 0.375. The minimum atomic E-state index is -0.128. The molecule has 2 amide bonds. The van der Waals surface area contributed by atoms with Crippen LogP contribution >= 0.6 is 0 Å². The number of H-pyrrole nitrogens is 2. The zero-order valence-corrected chi connectivity index (χ0v) is 12.4. The highest BCUT2D eigenvalue weighted by molar-refractivity contribution is 5.74. The lowest BCUT2D eigenvalue weighted by Crippen LogP contribution is -2.43. The van der Waals surface area contributed by atoms with Crippen molar-refractivity contribution in [3.8, 4) is 0 Å². The van der Waals surface area contributed by atoms with Crippen molar-refractivity contribution < 1.29 is 4.79 Å². The van der Waals surface area contributed by atoms with Crippen LogP contribution in [0.1, 0.15) is 23.2 Å². The van der Waals surface area contributed by atoms with E-state index >= 15 is 0 Å². The van der Waals surface area contributed by atoms with E-state index in [2.05, 4.69) is 27.6 Å². The van der Waals surface area contributed by atoms with Crippen molar-refractivity contribution in [2.45, 2.75) is 25.8 Å². The molecule has 0 atom stereocenters. The van der Waals surface area contributed by atoms with Gasteiger partial charge in [-0.1, -0.05) is 30.3 Å². The molecule has 0 bridgehead atoms. The summed E-state index contributed by atoms with van der Waals surface area (Å²) in [7, 11) is 0. The molecule has 6 heteroatoms. The van der Waals surface area contributed by atoms with Crippen LogP contribution in [0.5, 0.6) is 0 Å². The summed E-state index contributed by atoms with van der Waals surface area (Å²) >= 11 is 0. The zero-order chi connectivity index (χ0) is 15.4. The van der Waals surface area contributed by atoms with Gasteiger partial charge >= 0.3 is 6.03 Å². The normalized spacial score (nSPS) is 13.7. The number of aromatic nitrogens is 2. The molecular weight excluding hydrogens is 280 g/mol. The molecule has 0 fully saturated rings. The third-order valence-corrected chi connectivity index (χ3v) is 3.99. The number of benzene rings is 1. The monoisotopic (exact) mass is 300 g/mol. The van der Waals surface area contributed by atoms with Crippen molar-refractivity contribution in [2.24, 2.45) is 0 Å². The molecule has 1 aromatic heterocycles. The summed E-state index contributed by atoms with van der Waals surface area (Å²) in [6, 6.07) is 10.1. The Hall–Kier alpha value is -2.50. The Kier molecular flexibility index (Phi) is 4.27. The molecule has 116 valence electrons. The van der Waals surface area contributed by atoms with Crippen molar-refractivity contribution in [1.29, 1.82) is 0 Å². The van der Waals surface area contributed by atoms with Gasteiger partial charge in [-0.25, -0.2) is 4.79 Å². The average molecular weight is 300 g/mol. The summed E-state index contributed by atoms with van der Waals surface area (Å²) in [6.45, 7) is 1.64. The molecule has 3 N–H and O–H groups in total. The van der Waals surface area contributed by atoms with Gasteiger partial charge in [0, 0.05) is 25.2 Å². The Balaban J connectivity index is 1.45. The van der Waals surface area contributed by atoms with E-state index in [-0.39, 0.29) is 11.6 Å². The van der Waals surface area contributed by atoms with Gasteiger partial charge in [-0.3, -0.25) is 9.89 Å². The van der Waals surface area contributed by atoms with Gasteiger partial charge in [0.15, 0.2) is 0 Å². The highest BCUT2D eigenvalue weighted by Gasteiger charge is 2.23. The largest absolute Gasteiger partial charge is 0.338 e. The number of fused-ring (bicyclic) bond motifs is 1. The molecule has 1 aliphatic rings. The number of carbonyl (C=O) groups excluding carboxylic acids is 1. The maximum atomic E-state index is 12.1. The van der Waals surface area contributed by atoms with Crippen molar-refractivity contribution in [3.05, 3.63) is 57.5 Å². The zero-order valence-electron chi connectivity index (χ0n) is 12.4. The van der Waals surface area contributed by atoms with Gasteiger partial charge in [0.1, 0.15) is 0 Å². The minimum Gasteiger partial charge on any atom is -0.338 e. The van der Waals surface area contributed by atoms with Crippen LogP contribution in [-0.2, 0) is 19.4 Å².